The Balaban J connectivity index is 0.773. The van der Waals surface area contributed by atoms with E-state index in [2.05, 4.69) is 15.3 Å². The zero-order valence-electron chi connectivity index (χ0n) is 34.5. The molecule has 62 heavy (non-hydrogen) atoms. The van der Waals surface area contributed by atoms with E-state index in [1.807, 2.05) is 109 Å². The molecule has 13 nitrogen and oxygen atoms in total. The van der Waals surface area contributed by atoms with E-state index in [1.165, 1.54) is 0 Å². The maximum atomic E-state index is 13.0. The molecule has 2 N–H and O–H groups in total. The van der Waals surface area contributed by atoms with Gasteiger partial charge in [-0.25, -0.2) is 9.97 Å². The van der Waals surface area contributed by atoms with Crippen LogP contribution in [-0.4, -0.2) is 104 Å². The minimum Gasteiger partial charge on any atom is -0.497 e. The number of hydrogen-bond acceptors (Lipinski definition) is 12. The van der Waals surface area contributed by atoms with Crippen molar-refractivity contribution in [2.24, 2.45) is 0 Å². The predicted octanol–water partition coefficient (Wildman–Crippen LogP) is 7.05. The summed E-state index contributed by atoms with van der Waals surface area (Å²) in [6, 6.07) is 38.4. The van der Waals surface area contributed by atoms with Gasteiger partial charge in [-0.15, -0.1) is 0 Å². The summed E-state index contributed by atoms with van der Waals surface area (Å²) in [5.74, 6) is 1.21. The van der Waals surface area contributed by atoms with E-state index in [-0.39, 0.29) is 25.7 Å². The second kappa shape index (κ2) is 19.8. The van der Waals surface area contributed by atoms with Crippen LogP contribution in [-0.2, 0) is 24.5 Å². The molecule has 3 aromatic heterocycles. The normalized spacial score (nSPS) is 12.2. The number of aliphatic hydroxyl groups is 1. The number of methoxy groups -OCH3 is 2. The van der Waals surface area contributed by atoms with Crippen LogP contribution in [0.3, 0.4) is 0 Å². The van der Waals surface area contributed by atoms with E-state index in [4.69, 9.17) is 38.4 Å². The number of pyridine rings is 2. The Morgan fingerprint density at radius 2 is 1.15 bits per heavy atom. The Morgan fingerprint density at radius 1 is 0.597 bits per heavy atom. The van der Waals surface area contributed by atoms with Crippen LogP contribution in [0.2, 0.25) is 0 Å². The molecule has 0 aliphatic carbocycles. The largest absolute Gasteiger partial charge is 0.497 e. The van der Waals surface area contributed by atoms with Gasteiger partial charge in [-0.1, -0.05) is 54.6 Å². The summed E-state index contributed by atoms with van der Waals surface area (Å²) >= 11 is 0. The SMILES string of the molecule is COc1ccc(C(OCC(O)COCCOCCOCCNC(=O)c2ccc3nc4c5cccnc5c5ncccc5c4nc3c2)(c2ccccc2)c2ccc(OC)cc2)cc1. The van der Waals surface area contributed by atoms with Crippen molar-refractivity contribution in [1.29, 1.82) is 0 Å². The Morgan fingerprint density at radius 3 is 1.74 bits per heavy atom. The lowest BCUT2D eigenvalue weighted by molar-refractivity contribution is -0.0700. The molecule has 0 saturated carbocycles. The Hall–Kier alpha value is -6.61. The van der Waals surface area contributed by atoms with Crippen LogP contribution in [0.1, 0.15) is 27.0 Å². The highest BCUT2D eigenvalue weighted by Gasteiger charge is 2.38. The molecule has 0 aliphatic rings. The van der Waals surface area contributed by atoms with Gasteiger partial charge in [-0.05, 0) is 83.4 Å². The molecule has 1 unspecified atom stereocenters. The van der Waals surface area contributed by atoms with E-state index in [1.54, 1.807) is 38.7 Å². The topological polar surface area (TPSA) is 156 Å². The number of benzene rings is 5. The van der Waals surface area contributed by atoms with Crippen LogP contribution in [0.25, 0.3) is 43.9 Å². The van der Waals surface area contributed by atoms with Gasteiger partial charge in [-0.3, -0.25) is 14.8 Å². The Bertz CT molecular complexity index is 2710. The van der Waals surface area contributed by atoms with Crippen LogP contribution < -0.4 is 14.8 Å². The second-order valence-corrected chi connectivity index (χ2v) is 14.4. The number of ether oxygens (including phenoxy) is 6. The second-order valence-electron chi connectivity index (χ2n) is 14.4. The molecule has 8 aromatic rings. The van der Waals surface area contributed by atoms with E-state index < -0.39 is 11.7 Å². The molecule has 1 amide bonds. The quantitative estimate of drug-likeness (QED) is 0.0350. The summed E-state index contributed by atoms with van der Waals surface area (Å²) in [6.07, 6.45) is 2.58. The highest BCUT2D eigenvalue weighted by molar-refractivity contribution is 6.21. The van der Waals surface area contributed by atoms with Crippen molar-refractivity contribution in [3.05, 3.63) is 156 Å². The zero-order valence-corrected chi connectivity index (χ0v) is 34.5. The number of rotatable bonds is 20. The molecule has 1 atom stereocenters. The molecule has 0 radical (unpaired) electrons. The maximum Gasteiger partial charge on any atom is 0.251 e. The number of nitrogens with zero attached hydrogens (tertiary/aromatic N) is 4. The van der Waals surface area contributed by atoms with Crippen LogP contribution in [0.15, 0.2) is 134 Å². The molecular formula is C49H47N5O8. The lowest BCUT2D eigenvalue weighted by atomic mass is 9.80. The molecule has 316 valence electrons. The van der Waals surface area contributed by atoms with Crippen molar-refractivity contribution in [2.75, 3.05) is 67.0 Å². The molecule has 0 bridgehead atoms. The third-order valence-corrected chi connectivity index (χ3v) is 10.5. The average Bonchev–Trinajstić information content (AvgIpc) is 3.33. The summed E-state index contributed by atoms with van der Waals surface area (Å²) in [6.45, 7) is 1.97. The van der Waals surface area contributed by atoms with Crippen molar-refractivity contribution in [3.8, 4) is 11.5 Å². The number of nitrogens with one attached hydrogen (secondary N) is 1. The molecule has 0 aliphatic heterocycles. The number of carbonyl (C=O) groups is 1. The van der Waals surface area contributed by atoms with Gasteiger partial charge in [0.1, 0.15) is 23.2 Å². The first kappa shape index (κ1) is 42.1. The number of aliphatic hydroxyl groups excluding tert-OH is 1. The predicted molar refractivity (Wildman–Crippen MR) is 237 cm³/mol. The molecule has 0 spiro atoms. The first-order valence-electron chi connectivity index (χ1n) is 20.4. The molecule has 5 aromatic carbocycles. The van der Waals surface area contributed by atoms with E-state index in [0.29, 0.717) is 55.1 Å². The number of amides is 1. The van der Waals surface area contributed by atoms with E-state index >= 15 is 0 Å². The fourth-order valence-corrected chi connectivity index (χ4v) is 7.48. The summed E-state index contributed by atoms with van der Waals surface area (Å²) in [7, 11) is 3.26. The van der Waals surface area contributed by atoms with Crippen molar-refractivity contribution < 1.29 is 38.3 Å². The highest BCUT2D eigenvalue weighted by atomic mass is 16.6. The average molecular weight is 834 g/mol. The number of hydrogen-bond donors (Lipinski definition) is 2. The minimum absolute atomic E-state index is 0.00456. The number of fused-ring (bicyclic) bond motifs is 7. The van der Waals surface area contributed by atoms with E-state index in [0.717, 1.165) is 55.5 Å². The molecule has 0 fully saturated rings. The van der Waals surface area contributed by atoms with Crippen LogP contribution >= 0.6 is 0 Å². The lowest BCUT2D eigenvalue weighted by Crippen LogP contribution is -2.36. The third kappa shape index (κ3) is 9.17. The minimum atomic E-state index is -1.04. The van der Waals surface area contributed by atoms with Gasteiger partial charge < -0.3 is 38.8 Å². The molecular weight excluding hydrogens is 787 g/mol. The number of aromatic nitrogens is 4. The highest BCUT2D eigenvalue weighted by Crippen LogP contribution is 2.42. The van der Waals surface area contributed by atoms with Crippen LogP contribution in [0, 0.1) is 0 Å². The van der Waals surface area contributed by atoms with Gasteiger partial charge >= 0.3 is 0 Å². The van der Waals surface area contributed by atoms with Crippen molar-refractivity contribution in [2.45, 2.75) is 11.7 Å². The van der Waals surface area contributed by atoms with Crippen molar-refractivity contribution >= 4 is 49.8 Å². The first-order valence-corrected chi connectivity index (χ1v) is 20.4. The molecule has 3 heterocycles. The monoisotopic (exact) mass is 833 g/mol. The Labute approximate surface area is 358 Å². The maximum absolute atomic E-state index is 13.0. The van der Waals surface area contributed by atoms with Crippen molar-refractivity contribution in [1.82, 2.24) is 25.3 Å². The van der Waals surface area contributed by atoms with Gasteiger partial charge in [0.25, 0.3) is 5.91 Å². The van der Waals surface area contributed by atoms with Gasteiger partial charge in [0.2, 0.25) is 0 Å². The molecule has 8 rings (SSSR count). The fraction of sp³-hybridized carbons (Fsp3) is 0.245. The van der Waals surface area contributed by atoms with Gasteiger partial charge in [0, 0.05) is 35.3 Å². The van der Waals surface area contributed by atoms with E-state index in [9.17, 15) is 9.90 Å². The summed E-state index contributed by atoms with van der Waals surface area (Å²) in [5, 5.41) is 15.6. The Kier molecular flexibility index (Phi) is 13.5. The van der Waals surface area contributed by atoms with Crippen molar-refractivity contribution in [3.63, 3.8) is 0 Å². The smallest absolute Gasteiger partial charge is 0.251 e. The third-order valence-electron chi connectivity index (χ3n) is 10.5. The first-order chi connectivity index (χ1) is 30.5. The van der Waals surface area contributed by atoms with Gasteiger partial charge in [0.05, 0.1) is 93.6 Å². The molecule has 13 heteroatoms. The summed E-state index contributed by atoms with van der Waals surface area (Å²) in [4.78, 5) is 32.0. The fourth-order valence-electron chi connectivity index (χ4n) is 7.48. The standard InChI is InChI=1S/C49H47N5O8/c1-57-38-17-13-35(14-18-38)49(34-8-4-3-5-9-34,36-15-19-39(58-2)20-16-36)62-32-37(55)31-61-29-28-60-27-26-59-25-24-52-48(56)33-12-21-42-43(30-33)54-47-41-11-7-23-51-45(41)44-40(46(47)53-42)10-6-22-50-44/h3-23,30,37,55H,24-29,31-32H2,1-2H3,(H,52,56). The number of carbonyl (C=O) groups excluding carboxylic acids is 1. The van der Waals surface area contributed by atoms with Crippen LogP contribution in [0.5, 0.6) is 11.5 Å². The zero-order chi connectivity index (χ0) is 42.7. The lowest BCUT2D eigenvalue weighted by Gasteiger charge is -2.36. The summed E-state index contributed by atoms with van der Waals surface area (Å²) in [5.41, 5.74) is 6.34. The van der Waals surface area contributed by atoms with Gasteiger partial charge in [-0.2, -0.15) is 0 Å². The van der Waals surface area contributed by atoms with Crippen LogP contribution in [0.4, 0.5) is 0 Å². The molecule has 0 saturated heterocycles. The van der Waals surface area contributed by atoms with Gasteiger partial charge in [0.15, 0.2) is 0 Å². The summed E-state index contributed by atoms with van der Waals surface area (Å²) < 4.78 is 34.7.